The van der Waals surface area contributed by atoms with Gasteiger partial charge in [-0.05, 0) is 52.5 Å². The van der Waals surface area contributed by atoms with Gasteiger partial charge < -0.3 is 0 Å². The highest BCUT2D eigenvalue weighted by molar-refractivity contribution is 7.17. The van der Waals surface area contributed by atoms with Gasteiger partial charge in [-0.3, -0.25) is 4.57 Å². The topological polar surface area (TPSA) is 34.6 Å². The average molecular weight is 412 g/mol. The Morgan fingerprint density at radius 1 is 1.17 bits per heavy atom. The van der Waals surface area contributed by atoms with Crippen LogP contribution in [0.1, 0.15) is 42.3 Å². The molecule has 2 aromatic carbocycles. The predicted molar refractivity (Wildman–Crippen MR) is 122 cm³/mol. The molecule has 0 amide bonds. The number of aromatic nitrogens is 4. The van der Waals surface area contributed by atoms with Crippen molar-refractivity contribution < 1.29 is 4.57 Å². The Balaban J connectivity index is 1.61. The van der Waals surface area contributed by atoms with E-state index in [1.165, 1.54) is 43.9 Å². The van der Waals surface area contributed by atoms with Crippen molar-refractivity contribution in [2.24, 2.45) is 7.05 Å². The first-order valence-corrected chi connectivity index (χ1v) is 11.3. The Kier molecular flexibility index (Phi) is 3.69. The third-order valence-electron chi connectivity index (χ3n) is 6.25. The average Bonchev–Trinajstić information content (AvgIpc) is 3.39. The largest absolute Gasteiger partial charge is 0.296 e. The number of nitrogens with zero attached hydrogens (tertiary/aromatic N) is 4. The maximum Gasteiger partial charge on any atom is 0.287 e. The van der Waals surface area contributed by atoms with E-state index in [1.807, 2.05) is 6.33 Å². The van der Waals surface area contributed by atoms with Gasteiger partial charge in [-0.15, -0.1) is 11.3 Å². The highest BCUT2D eigenvalue weighted by atomic mass is 32.1. The van der Waals surface area contributed by atoms with Crippen molar-refractivity contribution in [1.29, 1.82) is 0 Å². The first-order chi connectivity index (χ1) is 14.5. The lowest BCUT2D eigenvalue weighted by atomic mass is 10.0. The summed E-state index contributed by atoms with van der Waals surface area (Å²) in [5.74, 6) is 1.59. The fraction of sp³-hybridized carbons (Fsp3) is 0.240. The second-order valence-electron chi connectivity index (χ2n) is 8.55. The molecule has 0 radical (unpaired) electrons. The lowest BCUT2D eigenvalue weighted by molar-refractivity contribution is -0.662. The zero-order valence-corrected chi connectivity index (χ0v) is 18.4. The van der Waals surface area contributed by atoms with E-state index in [4.69, 9.17) is 9.97 Å². The van der Waals surface area contributed by atoms with Crippen molar-refractivity contribution >= 4 is 32.6 Å². The van der Waals surface area contributed by atoms with Gasteiger partial charge in [-0.2, -0.15) is 0 Å². The third-order valence-corrected chi connectivity index (χ3v) is 7.24. The summed E-state index contributed by atoms with van der Waals surface area (Å²) in [5.41, 5.74) is 11.0. The molecular formula is C25H23N4S+. The Bertz CT molecular complexity index is 1470. The molecule has 4 nitrogen and oxygen atoms in total. The molecule has 4 heterocycles. The number of hydrogen-bond donors (Lipinski definition) is 0. The van der Waals surface area contributed by atoms with Gasteiger partial charge in [-0.25, -0.2) is 9.55 Å². The van der Waals surface area contributed by atoms with Crippen LogP contribution in [0.2, 0.25) is 0 Å². The molecule has 0 N–H and O–H groups in total. The van der Waals surface area contributed by atoms with Gasteiger partial charge in [0.2, 0.25) is 5.52 Å². The molecule has 1 aliphatic heterocycles. The smallest absolute Gasteiger partial charge is 0.287 e. The lowest BCUT2D eigenvalue weighted by Gasteiger charge is -2.09. The number of aryl methyl sites for hydroxylation is 2. The van der Waals surface area contributed by atoms with Crippen LogP contribution in [0.4, 0.5) is 0 Å². The number of fused-ring (bicyclic) bond motifs is 6. The Morgan fingerprint density at radius 2 is 2.00 bits per heavy atom. The maximum absolute atomic E-state index is 5.02. The summed E-state index contributed by atoms with van der Waals surface area (Å²) in [4.78, 5) is 9.78. The number of rotatable bonds is 2. The second kappa shape index (κ2) is 6.22. The fourth-order valence-corrected chi connectivity index (χ4v) is 6.00. The van der Waals surface area contributed by atoms with E-state index < -0.39 is 0 Å². The number of imidazole rings is 1. The normalized spacial score (nSPS) is 12.8. The molecule has 0 spiro atoms. The maximum atomic E-state index is 5.02. The molecule has 0 fully saturated rings. The van der Waals surface area contributed by atoms with Gasteiger partial charge in [0.15, 0.2) is 5.69 Å². The van der Waals surface area contributed by atoms with E-state index in [0.29, 0.717) is 5.92 Å². The van der Waals surface area contributed by atoms with Crippen LogP contribution in [0, 0.1) is 6.92 Å². The van der Waals surface area contributed by atoms with Crippen LogP contribution in [0.15, 0.2) is 48.1 Å². The Hall–Kier alpha value is -3.05. The Morgan fingerprint density at radius 3 is 2.83 bits per heavy atom. The molecular weight excluding hydrogens is 388 g/mol. The molecule has 3 aromatic heterocycles. The molecule has 0 saturated heterocycles. The van der Waals surface area contributed by atoms with E-state index in [2.05, 4.69) is 78.7 Å². The number of thiophene rings is 1. The zero-order chi connectivity index (χ0) is 20.6. The summed E-state index contributed by atoms with van der Waals surface area (Å²) < 4.78 is 5.73. The SMILES string of the molecule is Cc1cc2c(cc1-c1c3scc(C(C)C)c3nc[n+]1C)nc1n2-c2ccccc2C1. The van der Waals surface area contributed by atoms with Crippen LogP contribution in [0.5, 0.6) is 0 Å². The van der Waals surface area contributed by atoms with Gasteiger partial charge in [0, 0.05) is 17.5 Å². The summed E-state index contributed by atoms with van der Waals surface area (Å²) in [6, 6.07) is 13.2. The number of hydrogen-bond acceptors (Lipinski definition) is 3. The van der Waals surface area contributed by atoms with Crippen LogP contribution in [-0.4, -0.2) is 14.5 Å². The van der Waals surface area contributed by atoms with E-state index in [0.717, 1.165) is 23.3 Å². The van der Waals surface area contributed by atoms with Crippen LogP contribution >= 0.6 is 11.3 Å². The minimum atomic E-state index is 0.464. The quantitative estimate of drug-likeness (QED) is 0.355. The molecule has 148 valence electrons. The Labute approximate surface area is 179 Å². The van der Waals surface area contributed by atoms with Crippen LogP contribution in [0.3, 0.4) is 0 Å². The lowest BCUT2D eigenvalue weighted by Crippen LogP contribution is -2.31. The zero-order valence-electron chi connectivity index (χ0n) is 17.6. The highest BCUT2D eigenvalue weighted by Gasteiger charge is 2.26. The van der Waals surface area contributed by atoms with Gasteiger partial charge in [0.25, 0.3) is 6.33 Å². The van der Waals surface area contributed by atoms with Crippen molar-refractivity contribution in [3.63, 3.8) is 0 Å². The predicted octanol–water partition coefficient (Wildman–Crippen LogP) is 5.46. The number of para-hydroxylation sites is 1. The molecule has 0 unspecified atom stereocenters. The third kappa shape index (κ3) is 2.36. The first kappa shape index (κ1) is 17.8. The summed E-state index contributed by atoms with van der Waals surface area (Å²) >= 11 is 1.80. The summed E-state index contributed by atoms with van der Waals surface area (Å²) in [7, 11) is 2.09. The van der Waals surface area contributed by atoms with Crippen molar-refractivity contribution in [2.45, 2.75) is 33.1 Å². The van der Waals surface area contributed by atoms with E-state index in [9.17, 15) is 0 Å². The monoisotopic (exact) mass is 411 g/mol. The molecule has 0 atom stereocenters. The molecule has 0 aliphatic carbocycles. The van der Waals surface area contributed by atoms with Crippen LogP contribution < -0.4 is 4.57 Å². The molecule has 6 rings (SSSR count). The number of benzene rings is 2. The minimum absolute atomic E-state index is 0.464. The van der Waals surface area contributed by atoms with E-state index in [1.54, 1.807) is 11.3 Å². The first-order valence-electron chi connectivity index (χ1n) is 10.4. The fourth-order valence-electron chi connectivity index (χ4n) is 4.72. The van der Waals surface area contributed by atoms with Crippen LogP contribution in [0.25, 0.3) is 38.2 Å². The molecule has 30 heavy (non-hydrogen) atoms. The van der Waals surface area contributed by atoms with Gasteiger partial charge in [0.1, 0.15) is 10.5 Å². The molecule has 5 heteroatoms. The standard InChI is InChI=1S/C25H23N4S/c1-14(2)18-12-30-25-23(18)26-13-28(4)24(25)17-11-19-21(9-15(17)3)29-20-8-6-5-7-16(20)10-22(29)27-19/h5-9,11-14H,10H2,1-4H3/q+1. The highest BCUT2D eigenvalue weighted by Crippen LogP contribution is 2.38. The summed E-state index contributed by atoms with van der Waals surface area (Å²) in [5, 5.41) is 2.27. The van der Waals surface area contributed by atoms with E-state index in [-0.39, 0.29) is 0 Å². The molecule has 0 saturated carbocycles. The van der Waals surface area contributed by atoms with Crippen LogP contribution in [-0.2, 0) is 13.5 Å². The van der Waals surface area contributed by atoms with Crippen molar-refractivity contribution in [3.05, 3.63) is 70.6 Å². The van der Waals surface area contributed by atoms with Gasteiger partial charge >= 0.3 is 0 Å². The van der Waals surface area contributed by atoms with Crippen molar-refractivity contribution in [2.75, 3.05) is 0 Å². The van der Waals surface area contributed by atoms with Crippen molar-refractivity contribution in [1.82, 2.24) is 14.5 Å². The molecule has 1 aliphatic rings. The second-order valence-corrected chi connectivity index (χ2v) is 9.43. The summed E-state index contributed by atoms with van der Waals surface area (Å²) in [6.45, 7) is 6.67. The van der Waals surface area contributed by atoms with Gasteiger partial charge in [-0.1, -0.05) is 32.0 Å². The van der Waals surface area contributed by atoms with Gasteiger partial charge in [0.05, 0.1) is 23.8 Å². The van der Waals surface area contributed by atoms with E-state index >= 15 is 0 Å². The summed E-state index contributed by atoms with van der Waals surface area (Å²) in [6.07, 6.45) is 2.85. The minimum Gasteiger partial charge on any atom is -0.296 e. The van der Waals surface area contributed by atoms with Crippen molar-refractivity contribution in [3.8, 4) is 16.9 Å². The molecule has 5 aromatic rings. The molecule has 0 bridgehead atoms.